The van der Waals surface area contributed by atoms with Gasteiger partial charge in [0.2, 0.25) is 0 Å². The minimum atomic E-state index is -0.338. The van der Waals surface area contributed by atoms with Gasteiger partial charge in [0, 0.05) is 12.2 Å². The van der Waals surface area contributed by atoms with Gasteiger partial charge in [-0.3, -0.25) is 4.98 Å². The van der Waals surface area contributed by atoms with E-state index in [4.69, 9.17) is 5.73 Å². The van der Waals surface area contributed by atoms with Crippen molar-refractivity contribution in [3.8, 4) is 0 Å². The fraction of sp³-hybridized carbons (Fsp3) is 0.286. The second-order valence-corrected chi connectivity index (χ2v) is 2.23. The lowest BCUT2D eigenvalue weighted by molar-refractivity contribution is 0.615. The highest BCUT2D eigenvalue weighted by Crippen LogP contribution is 2.07. The summed E-state index contributed by atoms with van der Waals surface area (Å²) in [6, 6.07) is 1.24. The fourth-order valence-electron chi connectivity index (χ4n) is 0.677. The van der Waals surface area contributed by atoms with Crippen molar-refractivity contribution >= 4 is 12.4 Å². The van der Waals surface area contributed by atoms with Gasteiger partial charge in [0.15, 0.2) is 0 Å². The number of rotatable bonds is 1. The van der Waals surface area contributed by atoms with Crippen LogP contribution < -0.4 is 5.73 Å². The first-order valence-corrected chi connectivity index (χ1v) is 3.06. The molecule has 0 spiro atoms. The number of nitrogens with two attached hydrogens (primary N) is 1. The van der Waals surface area contributed by atoms with Crippen molar-refractivity contribution in [2.45, 2.75) is 13.0 Å². The van der Waals surface area contributed by atoms with Gasteiger partial charge in [-0.1, -0.05) is 0 Å². The van der Waals surface area contributed by atoms with E-state index < -0.39 is 0 Å². The summed E-state index contributed by atoms with van der Waals surface area (Å²) in [6.45, 7) is 1.79. The molecule has 11 heavy (non-hydrogen) atoms. The Morgan fingerprint density at radius 1 is 1.55 bits per heavy atom. The smallest absolute Gasteiger partial charge is 0.141 e. The molecule has 0 unspecified atom stereocenters. The van der Waals surface area contributed by atoms with E-state index in [2.05, 4.69) is 4.98 Å². The Balaban J connectivity index is 0.000001000. The molecule has 1 atom stereocenters. The van der Waals surface area contributed by atoms with Gasteiger partial charge >= 0.3 is 0 Å². The summed E-state index contributed by atoms with van der Waals surface area (Å²) >= 11 is 0. The summed E-state index contributed by atoms with van der Waals surface area (Å²) in [4.78, 5) is 3.65. The molecule has 0 radical (unpaired) electrons. The first-order valence-electron chi connectivity index (χ1n) is 3.06. The van der Waals surface area contributed by atoms with E-state index in [1.807, 2.05) is 0 Å². The van der Waals surface area contributed by atoms with E-state index >= 15 is 0 Å². The van der Waals surface area contributed by atoms with Crippen LogP contribution in [0.15, 0.2) is 18.5 Å². The maximum Gasteiger partial charge on any atom is 0.141 e. The van der Waals surface area contributed by atoms with Gasteiger partial charge in [-0.25, -0.2) is 4.39 Å². The van der Waals surface area contributed by atoms with Gasteiger partial charge in [0.05, 0.1) is 6.20 Å². The van der Waals surface area contributed by atoms with Crippen molar-refractivity contribution in [1.82, 2.24) is 4.98 Å². The normalized spacial score (nSPS) is 11.9. The molecule has 1 rings (SSSR count). The number of pyridine rings is 1. The Hall–Kier alpha value is -0.670. The number of hydrogen-bond acceptors (Lipinski definition) is 2. The summed E-state index contributed by atoms with van der Waals surface area (Å²) in [7, 11) is 0. The SMILES string of the molecule is C[C@@H](N)c1cncc(F)c1.Cl. The van der Waals surface area contributed by atoms with E-state index in [9.17, 15) is 4.39 Å². The molecular formula is C7H10ClFN2. The molecule has 0 aromatic carbocycles. The molecule has 0 bridgehead atoms. The summed E-state index contributed by atoms with van der Waals surface area (Å²) in [5.41, 5.74) is 6.20. The second kappa shape index (κ2) is 4.26. The predicted molar refractivity (Wildman–Crippen MR) is 44.0 cm³/mol. The van der Waals surface area contributed by atoms with Gasteiger partial charge < -0.3 is 5.73 Å². The molecule has 0 aliphatic carbocycles. The van der Waals surface area contributed by atoms with Crippen LogP contribution in [0.5, 0.6) is 0 Å². The molecule has 0 fully saturated rings. The van der Waals surface area contributed by atoms with Crippen molar-refractivity contribution in [3.05, 3.63) is 29.8 Å². The number of halogens is 2. The van der Waals surface area contributed by atoms with Crippen LogP contribution in [0.2, 0.25) is 0 Å². The van der Waals surface area contributed by atoms with E-state index in [1.165, 1.54) is 6.07 Å². The Kier molecular flexibility index (Phi) is 4.00. The molecular weight excluding hydrogens is 167 g/mol. The lowest BCUT2D eigenvalue weighted by Gasteiger charge is -2.02. The minimum absolute atomic E-state index is 0. The molecule has 0 saturated carbocycles. The molecule has 2 N–H and O–H groups in total. The summed E-state index contributed by atoms with van der Waals surface area (Å²) < 4.78 is 12.4. The summed E-state index contributed by atoms with van der Waals surface area (Å²) in [5.74, 6) is -0.338. The van der Waals surface area contributed by atoms with Crippen LogP contribution in [0.25, 0.3) is 0 Å². The minimum Gasteiger partial charge on any atom is -0.324 e. The quantitative estimate of drug-likeness (QED) is 0.707. The molecule has 0 aliphatic rings. The van der Waals surface area contributed by atoms with E-state index in [0.717, 1.165) is 11.8 Å². The highest BCUT2D eigenvalue weighted by Gasteiger charge is 1.99. The lowest BCUT2D eigenvalue weighted by Crippen LogP contribution is -2.05. The molecule has 1 heterocycles. The highest BCUT2D eigenvalue weighted by molar-refractivity contribution is 5.85. The van der Waals surface area contributed by atoms with Crippen molar-refractivity contribution in [3.63, 3.8) is 0 Å². The number of hydrogen-bond donors (Lipinski definition) is 1. The average Bonchev–Trinajstić information content (AvgIpc) is 1.88. The third-order valence-electron chi connectivity index (χ3n) is 1.25. The third kappa shape index (κ3) is 2.82. The molecule has 1 aromatic heterocycles. The molecule has 2 nitrogen and oxygen atoms in total. The zero-order valence-corrected chi connectivity index (χ0v) is 6.94. The van der Waals surface area contributed by atoms with Crippen LogP contribution in [0.1, 0.15) is 18.5 Å². The van der Waals surface area contributed by atoms with Gasteiger partial charge in [-0.15, -0.1) is 12.4 Å². The van der Waals surface area contributed by atoms with Crippen LogP contribution in [0.4, 0.5) is 4.39 Å². The van der Waals surface area contributed by atoms with Crippen LogP contribution in [-0.4, -0.2) is 4.98 Å². The van der Waals surface area contributed by atoms with Gasteiger partial charge in [0.25, 0.3) is 0 Å². The Bertz CT molecular complexity index is 227. The van der Waals surface area contributed by atoms with Gasteiger partial charge in [-0.2, -0.15) is 0 Å². The first-order chi connectivity index (χ1) is 4.70. The Morgan fingerprint density at radius 3 is 2.55 bits per heavy atom. The van der Waals surface area contributed by atoms with Crippen LogP contribution in [-0.2, 0) is 0 Å². The van der Waals surface area contributed by atoms with Gasteiger partial charge in [-0.05, 0) is 18.6 Å². The van der Waals surface area contributed by atoms with Crippen LogP contribution in [0.3, 0.4) is 0 Å². The van der Waals surface area contributed by atoms with Crippen molar-refractivity contribution in [2.75, 3.05) is 0 Å². The molecule has 4 heteroatoms. The Morgan fingerprint density at radius 2 is 2.18 bits per heavy atom. The zero-order chi connectivity index (χ0) is 7.56. The van der Waals surface area contributed by atoms with Crippen molar-refractivity contribution in [1.29, 1.82) is 0 Å². The van der Waals surface area contributed by atoms with Crippen LogP contribution >= 0.6 is 12.4 Å². The summed E-state index contributed by atoms with van der Waals surface area (Å²) in [6.07, 6.45) is 2.72. The standard InChI is InChI=1S/C7H9FN2.ClH/c1-5(9)6-2-7(8)4-10-3-6;/h2-5H,9H2,1H3;1H/t5-;/m1./s1. The van der Waals surface area contributed by atoms with Crippen molar-refractivity contribution in [2.24, 2.45) is 5.73 Å². The number of aromatic nitrogens is 1. The van der Waals surface area contributed by atoms with Gasteiger partial charge in [0.1, 0.15) is 5.82 Å². The number of nitrogens with zero attached hydrogens (tertiary/aromatic N) is 1. The molecule has 0 saturated heterocycles. The molecule has 0 aliphatic heterocycles. The van der Waals surface area contributed by atoms with E-state index in [0.29, 0.717) is 0 Å². The van der Waals surface area contributed by atoms with Crippen LogP contribution in [0, 0.1) is 5.82 Å². The molecule has 0 amide bonds. The van der Waals surface area contributed by atoms with Crippen molar-refractivity contribution < 1.29 is 4.39 Å². The zero-order valence-electron chi connectivity index (χ0n) is 6.12. The average molecular weight is 177 g/mol. The first kappa shape index (κ1) is 10.3. The fourth-order valence-corrected chi connectivity index (χ4v) is 0.677. The predicted octanol–water partition coefficient (Wildman–Crippen LogP) is 1.66. The topological polar surface area (TPSA) is 38.9 Å². The molecule has 62 valence electrons. The van der Waals surface area contributed by atoms with E-state index in [-0.39, 0.29) is 24.3 Å². The lowest BCUT2D eigenvalue weighted by atomic mass is 10.2. The third-order valence-corrected chi connectivity index (χ3v) is 1.25. The summed E-state index contributed by atoms with van der Waals surface area (Å²) in [5, 5.41) is 0. The second-order valence-electron chi connectivity index (χ2n) is 2.23. The monoisotopic (exact) mass is 176 g/mol. The largest absolute Gasteiger partial charge is 0.324 e. The maximum atomic E-state index is 12.4. The maximum absolute atomic E-state index is 12.4. The van der Waals surface area contributed by atoms with E-state index in [1.54, 1.807) is 13.1 Å². The molecule has 1 aromatic rings. The highest BCUT2D eigenvalue weighted by atomic mass is 35.5. The Labute approximate surface area is 71.0 Å².